The number of nitrogens with zero attached hydrogens (tertiary/aromatic N) is 3. The molecule has 0 amide bonds. The van der Waals surface area contributed by atoms with Gasteiger partial charge in [0.1, 0.15) is 5.82 Å². The van der Waals surface area contributed by atoms with Gasteiger partial charge < -0.3 is 15.8 Å². The number of nitrogens with two attached hydrogens (primary N) is 1. The molecule has 0 spiro atoms. The molecule has 1 aromatic heterocycles. The fraction of sp³-hybridized carbons (Fsp3) is 0.500. The molecule has 1 aromatic rings. The van der Waals surface area contributed by atoms with Crippen LogP contribution >= 0.6 is 11.8 Å². The van der Waals surface area contributed by atoms with E-state index in [1.54, 1.807) is 12.3 Å². The van der Waals surface area contributed by atoms with Gasteiger partial charge in [-0.2, -0.15) is 11.8 Å². The molecule has 0 fully saturated rings. The van der Waals surface area contributed by atoms with E-state index >= 15 is 0 Å². The quantitative estimate of drug-likeness (QED) is 0.356. The van der Waals surface area contributed by atoms with Crippen LogP contribution < -0.4 is 10.6 Å². The number of hydrogen-bond acceptors (Lipinski definition) is 5. The van der Waals surface area contributed by atoms with Crippen molar-refractivity contribution in [2.75, 3.05) is 24.0 Å². The third kappa shape index (κ3) is 3.53. The second kappa shape index (κ2) is 7.10. The van der Waals surface area contributed by atoms with E-state index in [0.717, 1.165) is 18.0 Å². The molecule has 0 aliphatic rings. The molecule has 1 heterocycles. The van der Waals surface area contributed by atoms with Gasteiger partial charge in [0.05, 0.1) is 0 Å². The zero-order valence-electron chi connectivity index (χ0n) is 11.0. The second-order valence-electron chi connectivity index (χ2n) is 4.02. The maximum atomic E-state index is 8.68. The average molecular weight is 268 g/mol. The SMILES string of the molecule is CCC(CSC)N(C)c1cc(/C(N)=N/O)ccn1. The number of oxime groups is 1. The molecule has 0 radical (unpaired) electrons. The summed E-state index contributed by atoms with van der Waals surface area (Å²) < 4.78 is 0. The molecular weight excluding hydrogens is 248 g/mol. The average Bonchev–Trinajstić information content (AvgIpc) is 2.43. The lowest BCUT2D eigenvalue weighted by atomic mass is 10.2. The first-order valence-corrected chi connectivity index (χ1v) is 7.19. The molecule has 0 saturated heterocycles. The lowest BCUT2D eigenvalue weighted by Crippen LogP contribution is -2.34. The minimum Gasteiger partial charge on any atom is -0.409 e. The Morgan fingerprint density at radius 2 is 2.39 bits per heavy atom. The van der Waals surface area contributed by atoms with Crippen molar-refractivity contribution in [2.45, 2.75) is 19.4 Å². The van der Waals surface area contributed by atoms with E-state index in [1.165, 1.54) is 0 Å². The standard InChI is InChI=1S/C12H20N4OS/c1-4-10(8-18-3)16(2)11-7-9(5-6-14-11)12(13)15-17/h5-7,10,17H,4,8H2,1-3H3,(H2,13,15). The summed E-state index contributed by atoms with van der Waals surface area (Å²) in [4.78, 5) is 6.46. The van der Waals surface area contributed by atoms with Crippen molar-refractivity contribution in [1.29, 1.82) is 0 Å². The number of amidine groups is 1. The number of thioether (sulfide) groups is 1. The van der Waals surface area contributed by atoms with Crippen LogP contribution in [0.3, 0.4) is 0 Å². The van der Waals surface area contributed by atoms with Crippen LogP contribution in [-0.4, -0.2) is 41.1 Å². The highest BCUT2D eigenvalue weighted by Gasteiger charge is 2.14. The lowest BCUT2D eigenvalue weighted by molar-refractivity contribution is 0.318. The van der Waals surface area contributed by atoms with Gasteiger partial charge in [-0.3, -0.25) is 0 Å². The van der Waals surface area contributed by atoms with Gasteiger partial charge in [0.25, 0.3) is 0 Å². The summed E-state index contributed by atoms with van der Waals surface area (Å²) in [6, 6.07) is 3.98. The highest BCUT2D eigenvalue weighted by molar-refractivity contribution is 7.98. The molecule has 1 unspecified atom stereocenters. The van der Waals surface area contributed by atoms with E-state index in [0.29, 0.717) is 11.6 Å². The van der Waals surface area contributed by atoms with Crippen molar-refractivity contribution < 1.29 is 5.21 Å². The van der Waals surface area contributed by atoms with Crippen molar-refractivity contribution in [3.8, 4) is 0 Å². The van der Waals surface area contributed by atoms with Crippen LogP contribution in [0.1, 0.15) is 18.9 Å². The molecular formula is C12H20N4OS. The molecule has 0 aliphatic carbocycles. The Balaban J connectivity index is 2.95. The maximum Gasteiger partial charge on any atom is 0.170 e. The number of rotatable bonds is 6. The minimum absolute atomic E-state index is 0.102. The Hall–Kier alpha value is -1.43. The lowest BCUT2D eigenvalue weighted by Gasteiger charge is -2.28. The zero-order chi connectivity index (χ0) is 13.5. The van der Waals surface area contributed by atoms with E-state index in [9.17, 15) is 0 Å². The summed E-state index contributed by atoms with van der Waals surface area (Å²) in [7, 11) is 2.02. The topological polar surface area (TPSA) is 74.7 Å². The van der Waals surface area contributed by atoms with Crippen molar-refractivity contribution in [1.82, 2.24) is 4.98 Å². The molecule has 3 N–H and O–H groups in total. The Morgan fingerprint density at radius 1 is 1.67 bits per heavy atom. The summed E-state index contributed by atoms with van der Waals surface area (Å²) in [5.41, 5.74) is 6.25. The van der Waals surface area contributed by atoms with E-state index < -0.39 is 0 Å². The van der Waals surface area contributed by atoms with Crippen molar-refractivity contribution >= 4 is 23.4 Å². The fourth-order valence-corrected chi connectivity index (χ4v) is 2.56. The van der Waals surface area contributed by atoms with Gasteiger partial charge in [-0.25, -0.2) is 4.98 Å². The Bertz CT molecular complexity index is 411. The largest absolute Gasteiger partial charge is 0.409 e. The van der Waals surface area contributed by atoms with Gasteiger partial charge >= 0.3 is 0 Å². The smallest absolute Gasteiger partial charge is 0.170 e. The van der Waals surface area contributed by atoms with E-state index in [1.807, 2.05) is 24.9 Å². The number of pyridine rings is 1. The minimum atomic E-state index is 0.102. The van der Waals surface area contributed by atoms with E-state index in [2.05, 4.69) is 28.2 Å². The monoisotopic (exact) mass is 268 g/mol. The first-order chi connectivity index (χ1) is 8.63. The third-order valence-corrected chi connectivity index (χ3v) is 3.61. The Kier molecular flexibility index (Phi) is 5.77. The van der Waals surface area contributed by atoms with Crippen LogP contribution in [0.5, 0.6) is 0 Å². The van der Waals surface area contributed by atoms with Crippen molar-refractivity contribution in [3.63, 3.8) is 0 Å². The molecule has 0 aliphatic heterocycles. The van der Waals surface area contributed by atoms with Gasteiger partial charge in [0.2, 0.25) is 0 Å². The molecule has 5 nitrogen and oxygen atoms in total. The molecule has 0 bridgehead atoms. The van der Waals surface area contributed by atoms with Crippen molar-refractivity contribution in [3.05, 3.63) is 23.9 Å². The fourth-order valence-electron chi connectivity index (χ4n) is 1.71. The van der Waals surface area contributed by atoms with Gasteiger partial charge in [0.15, 0.2) is 5.84 Å². The molecule has 1 atom stereocenters. The van der Waals surface area contributed by atoms with Gasteiger partial charge in [-0.05, 0) is 24.8 Å². The van der Waals surface area contributed by atoms with Crippen molar-refractivity contribution in [2.24, 2.45) is 10.9 Å². The van der Waals surface area contributed by atoms with Crippen LogP contribution in [-0.2, 0) is 0 Å². The normalized spacial score (nSPS) is 13.4. The van der Waals surface area contributed by atoms with E-state index in [4.69, 9.17) is 10.9 Å². The Morgan fingerprint density at radius 3 is 2.94 bits per heavy atom. The Labute approximate surface area is 112 Å². The van der Waals surface area contributed by atoms with Crippen LogP contribution in [0, 0.1) is 0 Å². The summed E-state index contributed by atoms with van der Waals surface area (Å²) in [5, 5.41) is 11.7. The summed E-state index contributed by atoms with van der Waals surface area (Å²) in [5.74, 6) is 1.98. The maximum absolute atomic E-state index is 8.68. The number of anilines is 1. The van der Waals surface area contributed by atoms with Crippen LogP contribution in [0.4, 0.5) is 5.82 Å². The molecule has 0 saturated carbocycles. The third-order valence-electron chi connectivity index (χ3n) is 2.89. The van der Waals surface area contributed by atoms with E-state index in [-0.39, 0.29) is 5.84 Å². The second-order valence-corrected chi connectivity index (χ2v) is 4.93. The highest BCUT2D eigenvalue weighted by Crippen LogP contribution is 2.17. The summed E-state index contributed by atoms with van der Waals surface area (Å²) in [6.07, 6.45) is 4.81. The molecule has 6 heteroatoms. The van der Waals surface area contributed by atoms with Gasteiger partial charge in [-0.1, -0.05) is 12.1 Å². The number of hydrogen-bond donors (Lipinski definition) is 2. The predicted octanol–water partition coefficient (Wildman–Crippen LogP) is 1.75. The highest BCUT2D eigenvalue weighted by atomic mass is 32.2. The molecule has 1 rings (SSSR count). The summed E-state index contributed by atoms with van der Waals surface area (Å²) >= 11 is 1.81. The van der Waals surface area contributed by atoms with Gasteiger partial charge in [-0.15, -0.1) is 0 Å². The zero-order valence-corrected chi connectivity index (χ0v) is 11.8. The predicted molar refractivity (Wildman–Crippen MR) is 77.6 cm³/mol. The molecule has 100 valence electrons. The summed E-state index contributed by atoms with van der Waals surface area (Å²) in [6.45, 7) is 2.16. The first kappa shape index (κ1) is 14.6. The molecule has 0 aromatic carbocycles. The molecule has 18 heavy (non-hydrogen) atoms. The van der Waals surface area contributed by atoms with Crippen LogP contribution in [0.2, 0.25) is 0 Å². The first-order valence-electron chi connectivity index (χ1n) is 5.79. The number of aromatic nitrogens is 1. The van der Waals surface area contributed by atoms with Gasteiger partial charge in [0, 0.05) is 30.6 Å². The van der Waals surface area contributed by atoms with Crippen LogP contribution in [0.15, 0.2) is 23.5 Å². The van der Waals surface area contributed by atoms with Crippen LogP contribution in [0.25, 0.3) is 0 Å².